The summed E-state index contributed by atoms with van der Waals surface area (Å²) >= 11 is 1.17. The van der Waals surface area contributed by atoms with Crippen molar-refractivity contribution in [3.8, 4) is 0 Å². The van der Waals surface area contributed by atoms with Crippen molar-refractivity contribution in [2.45, 2.75) is 50.2 Å². The largest absolute Gasteiger partial charge is 0.348 e. The molecule has 2 aromatic heterocycles. The molecular formula is C15H19N5O4S. The van der Waals surface area contributed by atoms with Crippen LogP contribution < -0.4 is 5.49 Å². The Balaban J connectivity index is 1.75. The summed E-state index contributed by atoms with van der Waals surface area (Å²) in [5.41, 5.74) is 1.18. The van der Waals surface area contributed by atoms with Crippen LogP contribution in [0.3, 0.4) is 0 Å². The molecule has 134 valence electrons. The van der Waals surface area contributed by atoms with Crippen molar-refractivity contribution in [2.75, 3.05) is 6.61 Å². The summed E-state index contributed by atoms with van der Waals surface area (Å²) < 4.78 is 19.4. The zero-order chi connectivity index (χ0) is 17.8. The van der Waals surface area contributed by atoms with Crippen LogP contribution in [0.4, 0.5) is 0 Å². The molecule has 9 nitrogen and oxygen atoms in total. The predicted octanol–water partition coefficient (Wildman–Crippen LogP) is 0.936. The molecule has 2 N–H and O–H groups in total. The number of rotatable bonds is 2. The molecule has 4 rings (SSSR count). The quantitative estimate of drug-likeness (QED) is 0.813. The molecule has 2 aromatic rings. The lowest BCUT2D eigenvalue weighted by molar-refractivity contribution is -0.293. The molecular weight excluding hydrogens is 346 g/mol. The van der Waals surface area contributed by atoms with Crippen molar-refractivity contribution in [1.29, 1.82) is 5.41 Å². The second kappa shape index (κ2) is 5.90. The van der Waals surface area contributed by atoms with Crippen molar-refractivity contribution in [3.63, 3.8) is 0 Å². The lowest BCUT2D eigenvalue weighted by atomic mass is 10.1. The maximum absolute atomic E-state index is 11.8. The van der Waals surface area contributed by atoms with Gasteiger partial charge in [-0.3, -0.25) is 14.8 Å². The summed E-state index contributed by atoms with van der Waals surface area (Å²) in [7, 11) is 0. The van der Waals surface area contributed by atoms with Crippen molar-refractivity contribution < 1.29 is 19.0 Å². The van der Waals surface area contributed by atoms with Gasteiger partial charge < -0.3 is 19.2 Å². The molecule has 4 atom stereocenters. The highest BCUT2D eigenvalue weighted by molar-refractivity contribution is 8.14. The van der Waals surface area contributed by atoms with E-state index in [9.17, 15) is 4.79 Å². The van der Waals surface area contributed by atoms with Gasteiger partial charge in [-0.1, -0.05) is 11.8 Å². The number of ether oxygens (including phenoxy) is 3. The van der Waals surface area contributed by atoms with Crippen LogP contribution in [0, 0.1) is 5.41 Å². The van der Waals surface area contributed by atoms with E-state index < -0.39 is 12.0 Å². The van der Waals surface area contributed by atoms with Gasteiger partial charge in [-0.2, -0.15) is 0 Å². The standard InChI is InChI=1S/C15H19N5O4S/c1-7(21)25-11-10-8(4-22-15(2,3)24-10)23-14(11)20-6-19-13-9(12(20)16)17-5-18-13/h5-6,8,10-11,14,16H,4H2,1-3H3,(H,17,18)/t8-,10+,11+,14-/m0/s1. The van der Waals surface area contributed by atoms with Crippen LogP contribution in [-0.4, -0.2) is 54.5 Å². The maximum Gasteiger partial charge on any atom is 0.186 e. The Labute approximate surface area is 147 Å². The van der Waals surface area contributed by atoms with Gasteiger partial charge in [0.15, 0.2) is 28.3 Å². The minimum absolute atomic E-state index is 0.0325. The highest BCUT2D eigenvalue weighted by atomic mass is 32.2. The molecule has 0 radical (unpaired) electrons. The summed E-state index contributed by atoms with van der Waals surface area (Å²) in [5, 5.41) is 8.10. The van der Waals surface area contributed by atoms with E-state index in [1.807, 2.05) is 13.8 Å². The first-order chi connectivity index (χ1) is 11.9. The number of aromatic nitrogens is 4. The molecule has 2 aliphatic rings. The number of hydrogen-bond acceptors (Lipinski definition) is 8. The molecule has 2 saturated heterocycles. The summed E-state index contributed by atoms with van der Waals surface area (Å²) in [6.07, 6.45) is 1.84. The minimum Gasteiger partial charge on any atom is -0.348 e. The van der Waals surface area contributed by atoms with Gasteiger partial charge in [0, 0.05) is 6.92 Å². The Hall–Kier alpha value is -1.75. The molecule has 10 heteroatoms. The van der Waals surface area contributed by atoms with Gasteiger partial charge in [0.05, 0.1) is 18.2 Å². The van der Waals surface area contributed by atoms with Crippen molar-refractivity contribution in [2.24, 2.45) is 0 Å². The normalized spacial score (nSPS) is 31.2. The van der Waals surface area contributed by atoms with Crippen LogP contribution in [0.2, 0.25) is 0 Å². The van der Waals surface area contributed by atoms with Crippen molar-refractivity contribution in [3.05, 3.63) is 18.1 Å². The zero-order valence-corrected chi connectivity index (χ0v) is 14.9. The first-order valence-electron chi connectivity index (χ1n) is 7.95. The summed E-state index contributed by atoms with van der Waals surface area (Å²) in [4.78, 5) is 23.0. The molecule has 0 unspecified atom stereocenters. The first kappa shape index (κ1) is 16.7. The molecule has 2 aliphatic heterocycles. The molecule has 25 heavy (non-hydrogen) atoms. The van der Waals surface area contributed by atoms with Crippen LogP contribution in [0.25, 0.3) is 11.2 Å². The predicted molar refractivity (Wildman–Crippen MR) is 88.6 cm³/mol. The van der Waals surface area contributed by atoms with Crippen LogP contribution in [0.15, 0.2) is 12.7 Å². The molecule has 0 spiro atoms. The van der Waals surface area contributed by atoms with Gasteiger partial charge >= 0.3 is 0 Å². The SMILES string of the molecule is CC(=O)S[C@@H]1[C@@H]2OC(C)(C)OC[C@@H]2O[C@@H]1n1cnc2nc[nH]c2c1=N. The van der Waals surface area contributed by atoms with E-state index in [0.29, 0.717) is 17.8 Å². The number of carbonyl (C=O) groups is 1. The molecule has 2 fully saturated rings. The number of thioether (sulfide) groups is 1. The Morgan fingerprint density at radius 2 is 2.28 bits per heavy atom. The molecule has 0 bridgehead atoms. The summed E-state index contributed by atoms with van der Waals surface area (Å²) in [6, 6.07) is 0. The van der Waals surface area contributed by atoms with Crippen LogP contribution >= 0.6 is 11.8 Å². The fourth-order valence-electron chi connectivity index (χ4n) is 3.23. The first-order valence-corrected chi connectivity index (χ1v) is 8.83. The van der Waals surface area contributed by atoms with Gasteiger partial charge in [0.25, 0.3) is 0 Å². The van der Waals surface area contributed by atoms with Gasteiger partial charge in [0.1, 0.15) is 24.1 Å². The lowest BCUT2D eigenvalue weighted by Crippen LogP contribution is -2.49. The van der Waals surface area contributed by atoms with Gasteiger partial charge in [-0.15, -0.1) is 0 Å². The second-order valence-electron chi connectivity index (χ2n) is 6.53. The third-order valence-corrected chi connectivity index (χ3v) is 5.40. The van der Waals surface area contributed by atoms with E-state index in [2.05, 4.69) is 15.0 Å². The number of carbonyl (C=O) groups excluding carboxylic acids is 1. The number of aromatic amines is 1. The molecule has 0 saturated carbocycles. The number of H-pyrrole nitrogens is 1. The molecule has 4 heterocycles. The van der Waals surface area contributed by atoms with Crippen LogP contribution in [-0.2, 0) is 19.0 Å². The average molecular weight is 365 g/mol. The Bertz CT molecular complexity index is 878. The van der Waals surface area contributed by atoms with Crippen LogP contribution in [0.1, 0.15) is 27.0 Å². The highest BCUT2D eigenvalue weighted by Gasteiger charge is 2.52. The second-order valence-corrected chi connectivity index (χ2v) is 7.89. The van der Waals surface area contributed by atoms with Gasteiger partial charge in [-0.25, -0.2) is 9.97 Å². The zero-order valence-electron chi connectivity index (χ0n) is 14.1. The van der Waals surface area contributed by atoms with E-state index >= 15 is 0 Å². The number of imidazole rings is 1. The topological polar surface area (TPSA) is 115 Å². The fraction of sp³-hybridized carbons (Fsp3) is 0.600. The monoisotopic (exact) mass is 365 g/mol. The highest BCUT2D eigenvalue weighted by Crippen LogP contribution is 2.43. The fourth-order valence-corrected chi connectivity index (χ4v) is 4.29. The van der Waals surface area contributed by atoms with Crippen molar-refractivity contribution >= 4 is 28.0 Å². The maximum atomic E-state index is 11.8. The van der Waals surface area contributed by atoms with E-state index in [1.165, 1.54) is 31.3 Å². The van der Waals surface area contributed by atoms with Gasteiger partial charge in [-0.05, 0) is 13.8 Å². The third kappa shape index (κ3) is 2.88. The van der Waals surface area contributed by atoms with E-state index in [4.69, 9.17) is 19.6 Å². The smallest absolute Gasteiger partial charge is 0.186 e. The Kier molecular flexibility index (Phi) is 3.95. The van der Waals surface area contributed by atoms with E-state index in [0.717, 1.165) is 0 Å². The molecule has 0 aromatic carbocycles. The van der Waals surface area contributed by atoms with E-state index in [-0.39, 0.29) is 28.1 Å². The Morgan fingerprint density at radius 1 is 1.48 bits per heavy atom. The molecule has 0 aliphatic carbocycles. The summed E-state index contributed by atoms with van der Waals surface area (Å²) in [5.74, 6) is -0.741. The number of fused-ring (bicyclic) bond motifs is 2. The van der Waals surface area contributed by atoms with Gasteiger partial charge in [0.2, 0.25) is 0 Å². The van der Waals surface area contributed by atoms with E-state index in [1.54, 1.807) is 4.57 Å². The minimum atomic E-state index is -0.741. The number of hydrogen-bond donors (Lipinski definition) is 2. The lowest BCUT2D eigenvalue weighted by Gasteiger charge is -2.38. The average Bonchev–Trinajstić information content (AvgIpc) is 3.13. The Morgan fingerprint density at radius 3 is 3.04 bits per heavy atom. The number of nitrogens with one attached hydrogen (secondary N) is 2. The third-order valence-electron chi connectivity index (χ3n) is 4.30. The number of nitrogens with zero attached hydrogens (tertiary/aromatic N) is 3. The summed E-state index contributed by atoms with van der Waals surface area (Å²) in [6.45, 7) is 5.57. The van der Waals surface area contributed by atoms with Crippen molar-refractivity contribution in [1.82, 2.24) is 19.5 Å². The van der Waals surface area contributed by atoms with Crippen LogP contribution in [0.5, 0.6) is 0 Å². The molecule has 0 amide bonds.